The molecule has 3 heterocycles. The van der Waals surface area contributed by atoms with Gasteiger partial charge in [-0.2, -0.15) is 0 Å². The third kappa shape index (κ3) is 4.41. The van der Waals surface area contributed by atoms with E-state index < -0.39 is 0 Å². The first-order chi connectivity index (χ1) is 14.8. The van der Waals surface area contributed by atoms with Crippen LogP contribution in [0.25, 0.3) is 0 Å². The van der Waals surface area contributed by atoms with Crippen LogP contribution in [0.5, 0.6) is 11.5 Å². The third-order valence-electron chi connectivity index (χ3n) is 5.57. The predicted octanol–water partition coefficient (Wildman–Crippen LogP) is 2.22. The molecule has 1 aromatic heterocycles. The first kappa shape index (κ1) is 20.9. The molecule has 1 saturated heterocycles. The van der Waals surface area contributed by atoms with E-state index >= 15 is 0 Å². The molecule has 9 nitrogen and oxygen atoms in total. The number of hydrogen-bond donors (Lipinski definition) is 1. The standard InChI is InChI=1S/C22H25N3O6/c1-13-8-20(31-15(13)3)22(28)25-6-4-24(5-7-25)11-21(27)23-17-10-19-18(29-12-30-19)9-16(17)14(2)26/h8-10H,4-7,11-12H2,1-3H3,(H,23,27). The molecule has 2 amide bonds. The summed E-state index contributed by atoms with van der Waals surface area (Å²) in [6, 6.07) is 4.96. The van der Waals surface area contributed by atoms with Gasteiger partial charge in [0.1, 0.15) is 5.76 Å². The number of anilines is 1. The van der Waals surface area contributed by atoms with E-state index in [0.29, 0.717) is 54.7 Å². The average molecular weight is 427 g/mol. The van der Waals surface area contributed by atoms with Crippen molar-refractivity contribution in [1.82, 2.24) is 9.80 Å². The number of rotatable bonds is 5. The Labute approximate surface area is 179 Å². The number of ketones is 1. The molecule has 0 radical (unpaired) electrons. The minimum absolute atomic E-state index is 0.0875. The molecule has 2 aliphatic rings. The van der Waals surface area contributed by atoms with Gasteiger partial charge in [0.15, 0.2) is 23.0 Å². The van der Waals surface area contributed by atoms with Gasteiger partial charge in [-0.3, -0.25) is 19.3 Å². The van der Waals surface area contributed by atoms with Gasteiger partial charge < -0.3 is 24.1 Å². The number of ether oxygens (including phenoxy) is 2. The molecular weight excluding hydrogens is 402 g/mol. The summed E-state index contributed by atoms with van der Waals surface area (Å²) in [4.78, 5) is 40.9. The normalized spacial score (nSPS) is 15.8. The third-order valence-corrected chi connectivity index (χ3v) is 5.57. The Morgan fingerprint density at radius 3 is 2.29 bits per heavy atom. The first-order valence-electron chi connectivity index (χ1n) is 10.1. The molecular formula is C22H25N3O6. The second-order valence-corrected chi connectivity index (χ2v) is 7.77. The zero-order chi connectivity index (χ0) is 22.1. The van der Waals surface area contributed by atoms with Crippen molar-refractivity contribution >= 4 is 23.3 Å². The summed E-state index contributed by atoms with van der Waals surface area (Å²) in [6.07, 6.45) is 0. The Morgan fingerprint density at radius 1 is 1.00 bits per heavy atom. The van der Waals surface area contributed by atoms with E-state index in [1.807, 2.05) is 18.7 Å². The average Bonchev–Trinajstić information content (AvgIpc) is 3.33. The van der Waals surface area contributed by atoms with Crippen molar-refractivity contribution in [3.8, 4) is 11.5 Å². The molecule has 0 saturated carbocycles. The molecule has 2 aromatic rings. The molecule has 0 unspecified atom stereocenters. The van der Waals surface area contributed by atoms with Crippen LogP contribution in [-0.2, 0) is 4.79 Å². The van der Waals surface area contributed by atoms with E-state index in [4.69, 9.17) is 13.9 Å². The van der Waals surface area contributed by atoms with Crippen molar-refractivity contribution < 1.29 is 28.3 Å². The maximum absolute atomic E-state index is 12.6. The number of carbonyl (C=O) groups is 3. The minimum Gasteiger partial charge on any atom is -0.456 e. The van der Waals surface area contributed by atoms with Gasteiger partial charge >= 0.3 is 0 Å². The monoisotopic (exact) mass is 427 g/mol. The fraction of sp³-hybridized carbons (Fsp3) is 0.409. The number of carbonyl (C=O) groups excluding carboxylic acids is 3. The number of aryl methyl sites for hydroxylation is 2. The van der Waals surface area contributed by atoms with E-state index in [-0.39, 0.29) is 30.9 Å². The minimum atomic E-state index is -0.238. The van der Waals surface area contributed by atoms with Crippen LogP contribution >= 0.6 is 0 Å². The molecule has 9 heteroatoms. The number of nitrogens with zero attached hydrogens (tertiary/aromatic N) is 2. The Balaban J connectivity index is 1.33. The summed E-state index contributed by atoms with van der Waals surface area (Å²) in [7, 11) is 0. The highest BCUT2D eigenvalue weighted by Crippen LogP contribution is 2.37. The molecule has 1 aromatic carbocycles. The van der Waals surface area contributed by atoms with Crippen LogP contribution in [0.1, 0.15) is 39.2 Å². The summed E-state index contributed by atoms with van der Waals surface area (Å²) in [5.74, 6) is 1.53. The fourth-order valence-corrected chi connectivity index (χ4v) is 3.67. The maximum Gasteiger partial charge on any atom is 0.289 e. The Bertz CT molecular complexity index is 1020. The SMILES string of the molecule is CC(=O)c1cc2c(cc1NC(=O)CN1CCN(C(=O)c3cc(C)c(C)o3)CC1)OCO2. The molecule has 0 aliphatic carbocycles. The van der Waals surface area contributed by atoms with Crippen LogP contribution < -0.4 is 14.8 Å². The number of amides is 2. The molecule has 4 rings (SSSR count). The van der Waals surface area contributed by atoms with E-state index in [9.17, 15) is 14.4 Å². The predicted molar refractivity (Wildman–Crippen MR) is 112 cm³/mol. The topological polar surface area (TPSA) is 101 Å². The molecule has 1 fully saturated rings. The lowest BCUT2D eigenvalue weighted by atomic mass is 10.1. The van der Waals surface area contributed by atoms with E-state index in [0.717, 1.165) is 11.3 Å². The van der Waals surface area contributed by atoms with Gasteiger partial charge in [-0.25, -0.2) is 0 Å². The van der Waals surface area contributed by atoms with Gasteiger partial charge in [-0.1, -0.05) is 0 Å². The number of piperazine rings is 1. The van der Waals surface area contributed by atoms with Gasteiger partial charge in [0.05, 0.1) is 12.2 Å². The quantitative estimate of drug-likeness (QED) is 0.730. The highest BCUT2D eigenvalue weighted by molar-refractivity contribution is 6.05. The first-order valence-corrected chi connectivity index (χ1v) is 10.1. The number of hydrogen-bond acceptors (Lipinski definition) is 7. The summed E-state index contributed by atoms with van der Waals surface area (Å²) < 4.78 is 16.2. The summed E-state index contributed by atoms with van der Waals surface area (Å²) in [5, 5.41) is 2.81. The van der Waals surface area contributed by atoms with Crippen LogP contribution in [0.4, 0.5) is 5.69 Å². The lowest BCUT2D eigenvalue weighted by Crippen LogP contribution is -2.50. The lowest BCUT2D eigenvalue weighted by molar-refractivity contribution is -0.117. The second kappa shape index (κ2) is 8.43. The highest BCUT2D eigenvalue weighted by Gasteiger charge is 2.26. The molecule has 0 atom stereocenters. The number of nitrogens with one attached hydrogen (secondary N) is 1. The molecule has 31 heavy (non-hydrogen) atoms. The smallest absolute Gasteiger partial charge is 0.289 e. The molecule has 0 spiro atoms. The lowest BCUT2D eigenvalue weighted by Gasteiger charge is -2.33. The maximum atomic E-state index is 12.6. The van der Waals surface area contributed by atoms with Gasteiger partial charge in [0, 0.05) is 37.8 Å². The number of fused-ring (bicyclic) bond motifs is 1. The summed E-state index contributed by atoms with van der Waals surface area (Å²) >= 11 is 0. The van der Waals surface area contributed by atoms with Crippen molar-refractivity contribution in [3.05, 3.63) is 40.8 Å². The van der Waals surface area contributed by atoms with Crippen molar-refractivity contribution in [2.24, 2.45) is 0 Å². The van der Waals surface area contributed by atoms with Crippen molar-refractivity contribution in [2.75, 3.05) is 44.8 Å². The number of benzene rings is 1. The highest BCUT2D eigenvalue weighted by atomic mass is 16.7. The zero-order valence-electron chi connectivity index (χ0n) is 17.8. The van der Waals surface area contributed by atoms with Gasteiger partial charge in [-0.05, 0) is 38.5 Å². The Hall–Kier alpha value is -3.33. The van der Waals surface area contributed by atoms with Crippen molar-refractivity contribution in [2.45, 2.75) is 20.8 Å². The summed E-state index contributed by atoms with van der Waals surface area (Å²) in [5.41, 5.74) is 1.73. The summed E-state index contributed by atoms with van der Waals surface area (Å²) in [6.45, 7) is 7.57. The van der Waals surface area contributed by atoms with Crippen molar-refractivity contribution in [1.29, 1.82) is 0 Å². The van der Waals surface area contributed by atoms with Gasteiger partial charge in [-0.15, -0.1) is 0 Å². The van der Waals surface area contributed by atoms with Crippen LogP contribution in [-0.4, -0.2) is 66.9 Å². The van der Waals surface area contributed by atoms with Gasteiger partial charge in [0.25, 0.3) is 5.91 Å². The molecule has 1 N–H and O–H groups in total. The van der Waals surface area contributed by atoms with Crippen LogP contribution in [0.3, 0.4) is 0 Å². The van der Waals surface area contributed by atoms with Gasteiger partial charge in [0.2, 0.25) is 12.7 Å². The van der Waals surface area contributed by atoms with Crippen molar-refractivity contribution in [3.63, 3.8) is 0 Å². The number of Topliss-reactive ketones (excluding diaryl/α,β-unsaturated/α-hetero) is 1. The van der Waals surface area contributed by atoms with E-state index in [1.54, 1.807) is 23.1 Å². The Morgan fingerprint density at radius 2 is 1.68 bits per heavy atom. The van der Waals surface area contributed by atoms with E-state index in [1.165, 1.54) is 6.92 Å². The van der Waals surface area contributed by atoms with Crippen LogP contribution in [0.15, 0.2) is 22.6 Å². The van der Waals surface area contributed by atoms with Crippen LogP contribution in [0.2, 0.25) is 0 Å². The Kier molecular flexibility index (Phi) is 5.69. The zero-order valence-corrected chi connectivity index (χ0v) is 17.8. The van der Waals surface area contributed by atoms with E-state index in [2.05, 4.69) is 5.32 Å². The largest absolute Gasteiger partial charge is 0.456 e. The molecule has 2 aliphatic heterocycles. The number of furan rings is 1. The second-order valence-electron chi connectivity index (χ2n) is 7.77. The van der Waals surface area contributed by atoms with Crippen LogP contribution in [0, 0.1) is 13.8 Å². The fourth-order valence-electron chi connectivity index (χ4n) is 3.67. The molecule has 164 valence electrons. The molecule has 0 bridgehead atoms.